The van der Waals surface area contributed by atoms with Gasteiger partial charge in [0.1, 0.15) is 0 Å². The van der Waals surface area contributed by atoms with Crippen LogP contribution in [-0.2, 0) is 11.3 Å². The van der Waals surface area contributed by atoms with Crippen molar-refractivity contribution in [2.75, 3.05) is 0 Å². The molecule has 7 heteroatoms. The summed E-state index contributed by atoms with van der Waals surface area (Å²) < 4.78 is 0.999. The zero-order valence-corrected chi connectivity index (χ0v) is 14.0. The van der Waals surface area contributed by atoms with E-state index in [2.05, 4.69) is 26.6 Å². The van der Waals surface area contributed by atoms with Gasteiger partial charge in [0.05, 0.1) is 12.5 Å². The Hall–Kier alpha value is -1.08. The van der Waals surface area contributed by atoms with E-state index in [4.69, 9.17) is 0 Å². The van der Waals surface area contributed by atoms with E-state index < -0.39 is 11.9 Å². The largest absolute Gasteiger partial charge is 0.481 e. The van der Waals surface area contributed by atoms with E-state index >= 15 is 0 Å². The highest BCUT2D eigenvalue weighted by Gasteiger charge is 2.30. The molecule has 0 spiro atoms. The predicted molar refractivity (Wildman–Crippen MR) is 85.4 cm³/mol. The molecule has 2 amide bonds. The standard InChI is InChI=1S/C14H19BrN2O3S/c15-9-6-10(21-8-9)7-16-14(20)17-12-5-3-1-2-4-11(12)13(18)19/h6,8,11-12H,1-5,7H2,(H,18,19)(H2,16,17,20). The fourth-order valence-corrected chi connectivity index (χ4v) is 4.00. The van der Waals surface area contributed by atoms with Gasteiger partial charge in [0.15, 0.2) is 0 Å². The van der Waals surface area contributed by atoms with Crippen LogP contribution in [-0.4, -0.2) is 23.1 Å². The lowest BCUT2D eigenvalue weighted by molar-refractivity contribution is -0.142. The van der Waals surface area contributed by atoms with Crippen molar-refractivity contribution in [3.63, 3.8) is 0 Å². The van der Waals surface area contributed by atoms with E-state index in [1.165, 1.54) is 0 Å². The van der Waals surface area contributed by atoms with Gasteiger partial charge in [-0.3, -0.25) is 4.79 Å². The topological polar surface area (TPSA) is 78.4 Å². The molecule has 1 saturated carbocycles. The molecule has 2 unspecified atom stereocenters. The van der Waals surface area contributed by atoms with Crippen LogP contribution in [0.15, 0.2) is 15.9 Å². The van der Waals surface area contributed by atoms with Crippen LogP contribution in [0.25, 0.3) is 0 Å². The van der Waals surface area contributed by atoms with Crippen LogP contribution in [0.4, 0.5) is 4.79 Å². The Morgan fingerprint density at radius 3 is 2.76 bits per heavy atom. The number of aliphatic carboxylic acids is 1. The molecule has 1 aliphatic carbocycles. The highest BCUT2D eigenvalue weighted by atomic mass is 79.9. The molecule has 0 aromatic carbocycles. The Labute approximate surface area is 136 Å². The number of carbonyl (C=O) groups is 2. The summed E-state index contributed by atoms with van der Waals surface area (Å²) in [7, 11) is 0. The molecule has 3 N–H and O–H groups in total. The van der Waals surface area contributed by atoms with Crippen molar-refractivity contribution >= 4 is 39.3 Å². The minimum absolute atomic E-state index is 0.278. The highest BCUT2D eigenvalue weighted by Crippen LogP contribution is 2.24. The summed E-state index contributed by atoms with van der Waals surface area (Å²) in [6, 6.07) is 1.38. The van der Waals surface area contributed by atoms with Gasteiger partial charge in [0.25, 0.3) is 0 Å². The SMILES string of the molecule is O=C(NCc1cc(Br)cs1)NC1CCCCCC1C(=O)O. The second-order valence-electron chi connectivity index (χ2n) is 5.25. The van der Waals surface area contributed by atoms with E-state index in [1.807, 2.05) is 11.4 Å². The number of carboxylic acid groups (broad SMARTS) is 1. The van der Waals surface area contributed by atoms with Crippen LogP contribution < -0.4 is 10.6 Å². The first-order valence-electron chi connectivity index (χ1n) is 7.06. The number of nitrogens with one attached hydrogen (secondary N) is 2. The number of amides is 2. The van der Waals surface area contributed by atoms with E-state index in [-0.39, 0.29) is 12.1 Å². The molecule has 21 heavy (non-hydrogen) atoms. The lowest BCUT2D eigenvalue weighted by Gasteiger charge is -2.22. The van der Waals surface area contributed by atoms with Gasteiger partial charge in [-0.15, -0.1) is 11.3 Å². The zero-order valence-electron chi connectivity index (χ0n) is 11.6. The second-order valence-corrected chi connectivity index (χ2v) is 7.16. The fraction of sp³-hybridized carbons (Fsp3) is 0.571. The van der Waals surface area contributed by atoms with Crippen molar-refractivity contribution in [3.05, 3.63) is 20.8 Å². The van der Waals surface area contributed by atoms with Gasteiger partial charge in [-0.25, -0.2) is 4.79 Å². The average Bonchev–Trinajstić information content (AvgIpc) is 2.70. The number of halogens is 1. The second kappa shape index (κ2) is 7.79. The summed E-state index contributed by atoms with van der Waals surface area (Å²) in [5, 5.41) is 16.9. The highest BCUT2D eigenvalue weighted by molar-refractivity contribution is 9.10. The maximum atomic E-state index is 11.9. The molecule has 2 rings (SSSR count). The van der Waals surface area contributed by atoms with Crippen molar-refractivity contribution in [1.82, 2.24) is 10.6 Å². The van der Waals surface area contributed by atoms with Crippen molar-refractivity contribution in [3.8, 4) is 0 Å². The summed E-state index contributed by atoms with van der Waals surface area (Å²) in [5.41, 5.74) is 0. The minimum atomic E-state index is -0.815. The van der Waals surface area contributed by atoms with Gasteiger partial charge in [0.2, 0.25) is 0 Å². The monoisotopic (exact) mass is 374 g/mol. The molecule has 116 valence electrons. The summed E-state index contributed by atoms with van der Waals surface area (Å²) in [4.78, 5) is 24.3. The van der Waals surface area contributed by atoms with E-state index in [0.717, 1.165) is 35.0 Å². The summed E-state index contributed by atoms with van der Waals surface area (Å²) in [6.07, 6.45) is 4.28. The molecular weight excluding hydrogens is 356 g/mol. The van der Waals surface area contributed by atoms with Gasteiger partial charge in [-0.1, -0.05) is 19.3 Å². The smallest absolute Gasteiger partial charge is 0.315 e. The zero-order chi connectivity index (χ0) is 15.2. The minimum Gasteiger partial charge on any atom is -0.481 e. The lowest BCUT2D eigenvalue weighted by atomic mass is 9.95. The molecule has 0 saturated heterocycles. The Kier molecular flexibility index (Phi) is 6.05. The maximum Gasteiger partial charge on any atom is 0.315 e. The molecule has 1 aliphatic rings. The molecule has 1 aromatic heterocycles. The average molecular weight is 375 g/mol. The van der Waals surface area contributed by atoms with Gasteiger partial charge in [0, 0.05) is 20.8 Å². The first-order chi connectivity index (χ1) is 10.1. The first kappa shape index (κ1) is 16.3. The molecule has 1 heterocycles. The molecule has 1 fully saturated rings. The molecule has 5 nitrogen and oxygen atoms in total. The normalized spacial score (nSPS) is 22.3. The van der Waals surface area contributed by atoms with Gasteiger partial charge < -0.3 is 15.7 Å². The molecule has 0 aliphatic heterocycles. The van der Waals surface area contributed by atoms with Gasteiger partial charge >= 0.3 is 12.0 Å². The lowest BCUT2D eigenvalue weighted by Crippen LogP contribution is -2.46. The Balaban J connectivity index is 1.85. The van der Waals surface area contributed by atoms with Crippen molar-refractivity contribution < 1.29 is 14.7 Å². The van der Waals surface area contributed by atoms with Crippen molar-refractivity contribution in [1.29, 1.82) is 0 Å². The first-order valence-corrected chi connectivity index (χ1v) is 8.73. The number of urea groups is 1. The molecule has 1 aromatic rings. The predicted octanol–water partition coefficient (Wildman–Crippen LogP) is 3.34. The third-order valence-electron chi connectivity index (χ3n) is 3.69. The number of hydrogen-bond donors (Lipinski definition) is 3. The Morgan fingerprint density at radius 2 is 2.10 bits per heavy atom. The molecule has 2 atom stereocenters. The van der Waals surface area contributed by atoms with Crippen LogP contribution in [0.2, 0.25) is 0 Å². The fourth-order valence-electron chi connectivity index (χ4n) is 2.61. The summed E-state index contributed by atoms with van der Waals surface area (Å²) >= 11 is 4.93. The Bertz CT molecular complexity index is 506. The molecular formula is C14H19BrN2O3S. The summed E-state index contributed by atoms with van der Waals surface area (Å²) in [6.45, 7) is 0.451. The number of hydrogen-bond acceptors (Lipinski definition) is 3. The maximum absolute atomic E-state index is 11.9. The van der Waals surface area contributed by atoms with Gasteiger partial charge in [-0.2, -0.15) is 0 Å². The van der Waals surface area contributed by atoms with Crippen LogP contribution in [0.3, 0.4) is 0 Å². The number of thiophene rings is 1. The summed E-state index contributed by atoms with van der Waals surface area (Å²) in [5.74, 6) is -1.29. The third kappa shape index (κ3) is 5.00. The third-order valence-corrected chi connectivity index (χ3v) is 5.39. The number of carboxylic acids is 1. The van der Waals surface area contributed by atoms with Crippen LogP contribution in [0.5, 0.6) is 0 Å². The van der Waals surface area contributed by atoms with Gasteiger partial charge in [-0.05, 0) is 34.8 Å². The number of rotatable bonds is 4. The Morgan fingerprint density at radius 1 is 1.33 bits per heavy atom. The van der Waals surface area contributed by atoms with Crippen molar-refractivity contribution in [2.24, 2.45) is 5.92 Å². The quantitative estimate of drug-likeness (QED) is 0.707. The molecule has 0 radical (unpaired) electrons. The van der Waals surface area contributed by atoms with Crippen LogP contribution in [0.1, 0.15) is 37.0 Å². The molecule has 0 bridgehead atoms. The van der Waals surface area contributed by atoms with E-state index in [1.54, 1.807) is 11.3 Å². The van der Waals surface area contributed by atoms with Crippen LogP contribution >= 0.6 is 27.3 Å². The van der Waals surface area contributed by atoms with E-state index in [9.17, 15) is 14.7 Å². The number of carbonyl (C=O) groups excluding carboxylic acids is 1. The van der Waals surface area contributed by atoms with E-state index in [0.29, 0.717) is 13.0 Å². The van der Waals surface area contributed by atoms with Crippen molar-refractivity contribution in [2.45, 2.75) is 44.7 Å². The van der Waals surface area contributed by atoms with Crippen LogP contribution in [0, 0.1) is 5.92 Å².